The van der Waals surface area contributed by atoms with E-state index in [1.54, 1.807) is 0 Å². The Hall–Kier alpha value is -2.62. The summed E-state index contributed by atoms with van der Waals surface area (Å²) >= 11 is 0. The van der Waals surface area contributed by atoms with Crippen molar-refractivity contribution < 1.29 is 4.84 Å². The number of oxime groups is 1. The molecular formula is C17H17N3O. The lowest BCUT2D eigenvalue weighted by molar-refractivity contribution is 0.130. The second-order valence-electron chi connectivity index (χ2n) is 4.92. The maximum atomic E-state index is 5.42. The molecule has 1 aromatic heterocycles. The summed E-state index contributed by atoms with van der Waals surface area (Å²) in [5.74, 6) is 0.823. The first-order valence-electron chi connectivity index (χ1n) is 6.88. The fraction of sp³-hybridized carbons (Fsp3) is 0.176. The second kappa shape index (κ2) is 5.79. The van der Waals surface area contributed by atoms with Crippen LogP contribution in [0.4, 0.5) is 0 Å². The summed E-state index contributed by atoms with van der Waals surface area (Å²) in [5.41, 5.74) is 3.92. The summed E-state index contributed by atoms with van der Waals surface area (Å²) in [6.45, 7) is 2.37. The zero-order valence-corrected chi connectivity index (χ0v) is 12.2. The highest BCUT2D eigenvalue weighted by Gasteiger charge is 2.10. The third-order valence-corrected chi connectivity index (χ3v) is 3.39. The lowest BCUT2D eigenvalue weighted by Crippen LogP contribution is -2.05. The average molecular weight is 279 g/mol. The van der Waals surface area contributed by atoms with E-state index in [1.165, 1.54) is 0 Å². The van der Waals surface area contributed by atoms with Crippen LogP contribution in [0.25, 0.3) is 11.0 Å². The van der Waals surface area contributed by atoms with E-state index in [2.05, 4.69) is 10.1 Å². The largest absolute Gasteiger partial charge is 0.391 e. The molecule has 0 N–H and O–H groups in total. The monoisotopic (exact) mass is 279 g/mol. The van der Waals surface area contributed by atoms with Crippen molar-refractivity contribution in [3.8, 4) is 0 Å². The first kappa shape index (κ1) is 13.4. The van der Waals surface area contributed by atoms with Gasteiger partial charge in [-0.1, -0.05) is 47.6 Å². The number of aromatic nitrogens is 2. The van der Waals surface area contributed by atoms with Gasteiger partial charge in [0.2, 0.25) is 0 Å². The molecule has 3 aromatic rings. The summed E-state index contributed by atoms with van der Waals surface area (Å²) in [4.78, 5) is 10.0. The molecule has 0 radical (unpaired) electrons. The van der Waals surface area contributed by atoms with Crippen LogP contribution in [0, 0.1) is 0 Å². The number of rotatable bonds is 4. The third-order valence-electron chi connectivity index (χ3n) is 3.39. The van der Waals surface area contributed by atoms with Crippen molar-refractivity contribution in [2.75, 3.05) is 0 Å². The number of nitrogens with zero attached hydrogens (tertiary/aromatic N) is 3. The van der Waals surface area contributed by atoms with E-state index in [4.69, 9.17) is 4.84 Å². The number of hydrogen-bond donors (Lipinski definition) is 0. The molecule has 2 aromatic carbocycles. The Labute approximate surface area is 123 Å². The van der Waals surface area contributed by atoms with Gasteiger partial charge in [-0.2, -0.15) is 0 Å². The summed E-state index contributed by atoms with van der Waals surface area (Å²) < 4.78 is 2.03. The second-order valence-corrected chi connectivity index (χ2v) is 4.92. The van der Waals surface area contributed by atoms with Crippen LogP contribution in [0.5, 0.6) is 0 Å². The number of fused-ring (bicyclic) bond motifs is 1. The SMILES string of the molecule is C/C(=N/OCc1ccccc1)c1nc2ccccc2n1C. The number of imidazole rings is 1. The first-order chi connectivity index (χ1) is 10.3. The molecule has 0 aliphatic heterocycles. The van der Waals surface area contributed by atoms with Crippen LogP contribution in [0.15, 0.2) is 59.8 Å². The Balaban J connectivity index is 1.78. The lowest BCUT2D eigenvalue weighted by atomic mass is 10.2. The van der Waals surface area contributed by atoms with E-state index in [9.17, 15) is 0 Å². The minimum atomic E-state index is 0.460. The average Bonchev–Trinajstić information content (AvgIpc) is 2.86. The van der Waals surface area contributed by atoms with E-state index in [1.807, 2.05) is 73.1 Å². The van der Waals surface area contributed by atoms with Crippen LogP contribution >= 0.6 is 0 Å². The maximum Gasteiger partial charge on any atom is 0.158 e. The van der Waals surface area contributed by atoms with Crippen molar-refractivity contribution in [1.82, 2.24) is 9.55 Å². The Kier molecular flexibility index (Phi) is 3.69. The van der Waals surface area contributed by atoms with Gasteiger partial charge < -0.3 is 9.40 Å². The van der Waals surface area contributed by atoms with E-state index >= 15 is 0 Å². The predicted octanol–water partition coefficient (Wildman–Crippen LogP) is 3.51. The highest BCUT2D eigenvalue weighted by molar-refractivity contribution is 5.98. The zero-order valence-electron chi connectivity index (χ0n) is 12.2. The standard InChI is InChI=1S/C17H17N3O/c1-13(19-21-12-14-8-4-3-5-9-14)17-18-15-10-6-7-11-16(15)20(17)2/h3-11H,12H2,1-2H3/b19-13-. The first-order valence-corrected chi connectivity index (χ1v) is 6.88. The molecule has 0 amide bonds. The molecule has 0 bridgehead atoms. The minimum absolute atomic E-state index is 0.460. The molecule has 0 spiro atoms. The molecule has 0 unspecified atom stereocenters. The highest BCUT2D eigenvalue weighted by atomic mass is 16.6. The fourth-order valence-corrected chi connectivity index (χ4v) is 2.29. The Bertz CT molecular complexity index is 775. The summed E-state index contributed by atoms with van der Waals surface area (Å²) in [6, 6.07) is 18.0. The Morgan fingerprint density at radius 2 is 1.81 bits per heavy atom. The minimum Gasteiger partial charge on any atom is -0.391 e. The molecule has 4 heteroatoms. The van der Waals surface area contributed by atoms with E-state index < -0.39 is 0 Å². The van der Waals surface area contributed by atoms with Crippen molar-refractivity contribution in [2.45, 2.75) is 13.5 Å². The third kappa shape index (κ3) is 2.79. The molecule has 4 nitrogen and oxygen atoms in total. The topological polar surface area (TPSA) is 39.4 Å². The smallest absolute Gasteiger partial charge is 0.158 e. The lowest BCUT2D eigenvalue weighted by Gasteiger charge is -2.03. The van der Waals surface area contributed by atoms with Crippen LogP contribution in [-0.2, 0) is 18.5 Å². The molecule has 0 saturated carbocycles. The van der Waals surface area contributed by atoms with Crippen molar-refractivity contribution in [3.63, 3.8) is 0 Å². The molecule has 1 heterocycles. The Morgan fingerprint density at radius 3 is 2.57 bits per heavy atom. The van der Waals surface area contributed by atoms with Gasteiger partial charge in [0, 0.05) is 7.05 Å². The summed E-state index contributed by atoms with van der Waals surface area (Å²) in [6.07, 6.45) is 0. The van der Waals surface area contributed by atoms with Gasteiger partial charge in [0.25, 0.3) is 0 Å². The number of benzene rings is 2. The number of hydrogen-bond acceptors (Lipinski definition) is 3. The van der Waals surface area contributed by atoms with Crippen LogP contribution in [0.2, 0.25) is 0 Å². The molecule has 0 saturated heterocycles. The van der Waals surface area contributed by atoms with Gasteiger partial charge in [0.05, 0.1) is 11.0 Å². The maximum absolute atomic E-state index is 5.42. The van der Waals surface area contributed by atoms with Crippen LogP contribution in [0.1, 0.15) is 18.3 Å². The van der Waals surface area contributed by atoms with Crippen molar-refractivity contribution in [2.24, 2.45) is 12.2 Å². The van der Waals surface area contributed by atoms with Crippen molar-refractivity contribution >= 4 is 16.7 Å². The molecule has 3 rings (SSSR count). The zero-order chi connectivity index (χ0) is 14.7. The number of para-hydroxylation sites is 2. The van der Waals surface area contributed by atoms with Gasteiger partial charge in [0.15, 0.2) is 5.82 Å². The van der Waals surface area contributed by atoms with Crippen LogP contribution < -0.4 is 0 Å². The number of aryl methyl sites for hydroxylation is 1. The normalized spacial score (nSPS) is 11.8. The van der Waals surface area contributed by atoms with Gasteiger partial charge in [-0.15, -0.1) is 0 Å². The van der Waals surface area contributed by atoms with Gasteiger partial charge in [0.1, 0.15) is 12.3 Å². The molecule has 0 fully saturated rings. The molecule has 0 aliphatic carbocycles. The quantitative estimate of drug-likeness (QED) is 0.541. The van der Waals surface area contributed by atoms with E-state index in [0.29, 0.717) is 6.61 Å². The predicted molar refractivity (Wildman–Crippen MR) is 84.2 cm³/mol. The van der Waals surface area contributed by atoms with Gasteiger partial charge in [-0.3, -0.25) is 0 Å². The van der Waals surface area contributed by atoms with E-state index in [-0.39, 0.29) is 0 Å². The van der Waals surface area contributed by atoms with Crippen molar-refractivity contribution in [1.29, 1.82) is 0 Å². The van der Waals surface area contributed by atoms with Gasteiger partial charge in [-0.05, 0) is 24.6 Å². The van der Waals surface area contributed by atoms with Crippen molar-refractivity contribution in [3.05, 3.63) is 66.0 Å². The molecule has 0 atom stereocenters. The Morgan fingerprint density at radius 1 is 1.10 bits per heavy atom. The molecule has 0 aliphatic rings. The molecule has 106 valence electrons. The van der Waals surface area contributed by atoms with Gasteiger partial charge in [-0.25, -0.2) is 4.98 Å². The fourth-order valence-electron chi connectivity index (χ4n) is 2.29. The van der Waals surface area contributed by atoms with Gasteiger partial charge >= 0.3 is 0 Å². The van der Waals surface area contributed by atoms with Crippen LogP contribution in [0.3, 0.4) is 0 Å². The highest BCUT2D eigenvalue weighted by Crippen LogP contribution is 2.15. The molecular weight excluding hydrogens is 262 g/mol. The van der Waals surface area contributed by atoms with E-state index in [0.717, 1.165) is 28.1 Å². The summed E-state index contributed by atoms with van der Waals surface area (Å²) in [5, 5.41) is 4.18. The van der Waals surface area contributed by atoms with Crippen LogP contribution in [-0.4, -0.2) is 15.3 Å². The summed E-state index contributed by atoms with van der Waals surface area (Å²) in [7, 11) is 1.99. The molecule has 21 heavy (non-hydrogen) atoms.